The van der Waals surface area contributed by atoms with E-state index in [1.807, 2.05) is 6.92 Å². The summed E-state index contributed by atoms with van der Waals surface area (Å²) in [7, 11) is 0. The number of hydrogen-bond donors (Lipinski definition) is 1. The standard InChI is InChI=1S/C9H12N2O2/c1-6-11-8-3-2-7(10-5-12)4-9(8)13-6/h5,7H,2-4H2,1H3,(H,10,12). The number of nitrogens with zero attached hydrogens (tertiary/aromatic N) is 1. The number of oxazole rings is 1. The Labute approximate surface area is 76.3 Å². The van der Waals surface area contributed by atoms with Crippen LogP contribution in [0.25, 0.3) is 0 Å². The van der Waals surface area contributed by atoms with Gasteiger partial charge in [0.05, 0.1) is 5.69 Å². The van der Waals surface area contributed by atoms with Gasteiger partial charge in [-0.25, -0.2) is 4.98 Å². The van der Waals surface area contributed by atoms with Crippen molar-refractivity contribution in [3.05, 3.63) is 17.3 Å². The molecule has 0 aromatic carbocycles. The van der Waals surface area contributed by atoms with Crippen LogP contribution in [-0.4, -0.2) is 17.4 Å². The summed E-state index contributed by atoms with van der Waals surface area (Å²) in [5, 5.41) is 2.77. The highest BCUT2D eigenvalue weighted by atomic mass is 16.4. The van der Waals surface area contributed by atoms with Crippen LogP contribution in [0.5, 0.6) is 0 Å². The zero-order valence-corrected chi connectivity index (χ0v) is 7.54. The van der Waals surface area contributed by atoms with Crippen LogP contribution in [0.1, 0.15) is 23.8 Å². The zero-order chi connectivity index (χ0) is 9.26. The molecule has 1 heterocycles. The van der Waals surface area contributed by atoms with Crippen LogP contribution in [0.15, 0.2) is 4.42 Å². The molecule has 1 aromatic heterocycles. The Morgan fingerprint density at radius 1 is 1.69 bits per heavy atom. The summed E-state index contributed by atoms with van der Waals surface area (Å²) in [6.45, 7) is 1.85. The minimum Gasteiger partial charge on any atom is -0.446 e. The maximum absolute atomic E-state index is 10.2. The molecule has 0 fully saturated rings. The summed E-state index contributed by atoms with van der Waals surface area (Å²) < 4.78 is 5.42. The number of fused-ring (bicyclic) bond motifs is 1. The molecule has 4 nitrogen and oxygen atoms in total. The van der Waals surface area contributed by atoms with E-state index in [1.54, 1.807) is 0 Å². The Balaban J connectivity index is 2.14. The van der Waals surface area contributed by atoms with E-state index in [0.29, 0.717) is 0 Å². The smallest absolute Gasteiger partial charge is 0.207 e. The first kappa shape index (κ1) is 8.29. The van der Waals surface area contributed by atoms with E-state index in [-0.39, 0.29) is 6.04 Å². The normalized spacial score (nSPS) is 20.8. The first-order valence-electron chi connectivity index (χ1n) is 4.44. The lowest BCUT2D eigenvalue weighted by molar-refractivity contribution is -0.110. The third-order valence-electron chi connectivity index (χ3n) is 2.35. The highest BCUT2D eigenvalue weighted by molar-refractivity contribution is 5.47. The molecular weight excluding hydrogens is 168 g/mol. The lowest BCUT2D eigenvalue weighted by Crippen LogP contribution is -2.33. The lowest BCUT2D eigenvalue weighted by Gasteiger charge is -2.18. The molecule has 0 bridgehead atoms. The van der Waals surface area contributed by atoms with Crippen LogP contribution in [0.2, 0.25) is 0 Å². The minimum atomic E-state index is 0.220. The Morgan fingerprint density at radius 2 is 2.54 bits per heavy atom. The first-order valence-corrected chi connectivity index (χ1v) is 4.44. The largest absolute Gasteiger partial charge is 0.446 e. The lowest BCUT2D eigenvalue weighted by atomic mass is 9.97. The van der Waals surface area contributed by atoms with Gasteiger partial charge in [0.2, 0.25) is 6.41 Å². The first-order chi connectivity index (χ1) is 6.29. The summed E-state index contributed by atoms with van der Waals surface area (Å²) in [5.41, 5.74) is 1.06. The van der Waals surface area contributed by atoms with Gasteiger partial charge in [-0.05, 0) is 12.8 Å². The third-order valence-corrected chi connectivity index (χ3v) is 2.35. The molecule has 1 N–H and O–H groups in total. The fourth-order valence-corrected chi connectivity index (χ4v) is 1.74. The van der Waals surface area contributed by atoms with Gasteiger partial charge in [0.25, 0.3) is 0 Å². The number of carbonyl (C=O) groups is 1. The van der Waals surface area contributed by atoms with Crippen LogP contribution >= 0.6 is 0 Å². The summed E-state index contributed by atoms with van der Waals surface area (Å²) >= 11 is 0. The van der Waals surface area contributed by atoms with E-state index in [4.69, 9.17) is 4.42 Å². The Bertz CT molecular complexity index is 319. The highest BCUT2D eigenvalue weighted by Gasteiger charge is 2.22. The quantitative estimate of drug-likeness (QED) is 0.677. The summed E-state index contributed by atoms with van der Waals surface area (Å²) in [5.74, 6) is 1.65. The van der Waals surface area contributed by atoms with Crippen LogP contribution in [0.4, 0.5) is 0 Å². The van der Waals surface area contributed by atoms with E-state index in [1.165, 1.54) is 0 Å². The average molecular weight is 180 g/mol. The fraction of sp³-hybridized carbons (Fsp3) is 0.556. The van der Waals surface area contributed by atoms with Crippen molar-refractivity contribution in [3.8, 4) is 0 Å². The molecule has 0 radical (unpaired) electrons. The van der Waals surface area contributed by atoms with Crippen molar-refractivity contribution in [2.24, 2.45) is 0 Å². The SMILES string of the molecule is Cc1nc2c(o1)CC(NC=O)CC2. The molecule has 0 aliphatic heterocycles. The van der Waals surface area contributed by atoms with Gasteiger partial charge in [0.1, 0.15) is 5.76 Å². The van der Waals surface area contributed by atoms with Crippen molar-refractivity contribution >= 4 is 6.41 Å². The second kappa shape index (κ2) is 3.20. The van der Waals surface area contributed by atoms with Crippen LogP contribution in [-0.2, 0) is 17.6 Å². The summed E-state index contributed by atoms with van der Waals surface area (Å²) in [6.07, 6.45) is 3.38. The molecule has 0 saturated heterocycles. The second-order valence-corrected chi connectivity index (χ2v) is 3.33. The van der Waals surface area contributed by atoms with Gasteiger partial charge in [-0.1, -0.05) is 0 Å². The highest BCUT2D eigenvalue weighted by Crippen LogP contribution is 2.21. The summed E-state index contributed by atoms with van der Waals surface area (Å²) in [6, 6.07) is 0.220. The average Bonchev–Trinajstić information content (AvgIpc) is 2.44. The number of nitrogens with one attached hydrogen (secondary N) is 1. The molecule has 1 aliphatic carbocycles. The van der Waals surface area contributed by atoms with Crippen LogP contribution in [0.3, 0.4) is 0 Å². The Hall–Kier alpha value is -1.32. The van der Waals surface area contributed by atoms with E-state index in [9.17, 15) is 4.79 Å². The number of hydrogen-bond acceptors (Lipinski definition) is 3. The topological polar surface area (TPSA) is 55.1 Å². The van der Waals surface area contributed by atoms with Crippen molar-refractivity contribution < 1.29 is 9.21 Å². The molecule has 70 valence electrons. The molecule has 1 aromatic rings. The molecule has 13 heavy (non-hydrogen) atoms. The van der Waals surface area contributed by atoms with E-state index < -0.39 is 0 Å². The predicted molar refractivity (Wildman–Crippen MR) is 46.3 cm³/mol. The molecule has 4 heteroatoms. The van der Waals surface area contributed by atoms with Crippen molar-refractivity contribution in [1.29, 1.82) is 0 Å². The zero-order valence-electron chi connectivity index (χ0n) is 7.54. The van der Waals surface area contributed by atoms with Crippen molar-refractivity contribution in [2.45, 2.75) is 32.2 Å². The summed E-state index contributed by atoms with van der Waals surface area (Å²) in [4.78, 5) is 14.5. The molecule has 1 atom stereocenters. The fourth-order valence-electron chi connectivity index (χ4n) is 1.74. The third kappa shape index (κ3) is 1.56. The number of rotatable bonds is 2. The number of aryl methyl sites for hydroxylation is 2. The van der Waals surface area contributed by atoms with E-state index in [2.05, 4.69) is 10.3 Å². The van der Waals surface area contributed by atoms with Crippen molar-refractivity contribution in [2.75, 3.05) is 0 Å². The van der Waals surface area contributed by atoms with Gasteiger partial charge >= 0.3 is 0 Å². The van der Waals surface area contributed by atoms with Gasteiger partial charge in [-0.3, -0.25) is 4.79 Å². The molecular formula is C9H12N2O2. The maximum Gasteiger partial charge on any atom is 0.207 e. The molecule has 1 unspecified atom stereocenters. The number of carbonyl (C=O) groups excluding carboxylic acids is 1. The van der Waals surface area contributed by atoms with Gasteiger partial charge < -0.3 is 9.73 Å². The second-order valence-electron chi connectivity index (χ2n) is 3.33. The molecule has 1 amide bonds. The molecule has 1 aliphatic rings. The number of aromatic nitrogens is 1. The van der Waals surface area contributed by atoms with Gasteiger partial charge in [-0.15, -0.1) is 0 Å². The van der Waals surface area contributed by atoms with Crippen molar-refractivity contribution in [3.63, 3.8) is 0 Å². The predicted octanol–water partition coefficient (Wildman–Crippen LogP) is 0.586. The minimum absolute atomic E-state index is 0.220. The Morgan fingerprint density at radius 3 is 3.31 bits per heavy atom. The van der Waals surface area contributed by atoms with Gasteiger partial charge in [0, 0.05) is 19.4 Å². The molecule has 0 spiro atoms. The number of amides is 1. The Kier molecular flexibility index (Phi) is 2.04. The monoisotopic (exact) mass is 180 g/mol. The van der Waals surface area contributed by atoms with Gasteiger partial charge in [0.15, 0.2) is 5.89 Å². The maximum atomic E-state index is 10.2. The van der Waals surface area contributed by atoms with E-state index >= 15 is 0 Å². The van der Waals surface area contributed by atoms with Crippen LogP contribution in [0, 0.1) is 6.92 Å². The van der Waals surface area contributed by atoms with Crippen LogP contribution < -0.4 is 5.32 Å². The van der Waals surface area contributed by atoms with E-state index in [0.717, 1.165) is 43.0 Å². The van der Waals surface area contributed by atoms with Crippen molar-refractivity contribution in [1.82, 2.24) is 10.3 Å². The molecule has 0 saturated carbocycles. The van der Waals surface area contributed by atoms with Gasteiger partial charge in [-0.2, -0.15) is 0 Å². The molecule has 2 rings (SSSR count).